The Bertz CT molecular complexity index is 768. The number of anilines is 1. The Hall–Kier alpha value is -1.38. The van der Waals surface area contributed by atoms with Crippen LogP contribution in [-0.4, -0.2) is 19.5 Å². The topological polar surface area (TPSA) is 83.5 Å². The van der Waals surface area contributed by atoms with Crippen LogP contribution in [0.25, 0.3) is 0 Å². The fourth-order valence-corrected chi connectivity index (χ4v) is 4.26. The van der Waals surface area contributed by atoms with Gasteiger partial charge in [-0.3, -0.25) is 4.72 Å². The average molecular weight is 376 g/mol. The summed E-state index contributed by atoms with van der Waals surface area (Å²) in [6, 6.07) is 7.51. The number of hydrogen-bond donors (Lipinski definition) is 2. The summed E-state index contributed by atoms with van der Waals surface area (Å²) >= 11 is 4.28. The van der Waals surface area contributed by atoms with Gasteiger partial charge >= 0.3 is 5.97 Å². The van der Waals surface area contributed by atoms with E-state index in [1.165, 1.54) is 18.2 Å². The molecule has 1 heterocycles. The minimum Gasteiger partial charge on any atom is -0.478 e. The second-order valence-corrected chi connectivity index (χ2v) is 8.08. The monoisotopic (exact) mass is 375 g/mol. The van der Waals surface area contributed by atoms with Crippen LogP contribution in [-0.2, 0) is 10.0 Å². The third kappa shape index (κ3) is 3.20. The Kier molecular flexibility index (Phi) is 4.17. The molecule has 0 saturated heterocycles. The molecule has 2 aromatic rings. The number of rotatable bonds is 4. The molecule has 106 valence electrons. The van der Waals surface area contributed by atoms with Crippen LogP contribution in [0.5, 0.6) is 0 Å². The van der Waals surface area contributed by atoms with Crippen LogP contribution >= 0.6 is 27.3 Å². The molecule has 20 heavy (non-hydrogen) atoms. The van der Waals surface area contributed by atoms with Crippen LogP contribution in [0.3, 0.4) is 0 Å². The van der Waals surface area contributed by atoms with E-state index in [1.807, 2.05) is 0 Å². The highest BCUT2D eigenvalue weighted by Crippen LogP contribution is 2.26. The number of carbonyl (C=O) groups is 1. The van der Waals surface area contributed by atoms with Crippen LogP contribution in [0.1, 0.15) is 15.2 Å². The molecule has 2 rings (SSSR count). The Morgan fingerprint density at radius 1 is 1.30 bits per heavy atom. The van der Waals surface area contributed by atoms with Gasteiger partial charge in [-0.15, -0.1) is 11.3 Å². The van der Waals surface area contributed by atoms with Crippen molar-refractivity contribution in [2.75, 3.05) is 4.72 Å². The lowest BCUT2D eigenvalue weighted by molar-refractivity contribution is 0.0698. The van der Waals surface area contributed by atoms with Crippen LogP contribution in [0.4, 0.5) is 5.69 Å². The summed E-state index contributed by atoms with van der Waals surface area (Å²) in [7, 11) is -3.77. The predicted molar refractivity (Wildman–Crippen MR) is 81.0 cm³/mol. The lowest BCUT2D eigenvalue weighted by atomic mass is 10.2. The molecular weight excluding hydrogens is 366 g/mol. The fourth-order valence-electron chi connectivity index (χ4n) is 1.53. The zero-order valence-electron chi connectivity index (χ0n) is 10.3. The van der Waals surface area contributed by atoms with Crippen molar-refractivity contribution in [3.63, 3.8) is 0 Å². The minimum absolute atomic E-state index is 0.0340. The van der Waals surface area contributed by atoms with Crippen molar-refractivity contribution in [2.24, 2.45) is 0 Å². The van der Waals surface area contributed by atoms with E-state index in [-0.39, 0.29) is 15.5 Å². The zero-order chi connectivity index (χ0) is 14.9. The number of sulfonamides is 1. The van der Waals surface area contributed by atoms with Gasteiger partial charge in [0.1, 0.15) is 4.21 Å². The Balaban J connectivity index is 2.42. The van der Waals surface area contributed by atoms with E-state index in [0.717, 1.165) is 16.2 Å². The van der Waals surface area contributed by atoms with Crippen molar-refractivity contribution in [3.05, 3.63) is 45.2 Å². The highest BCUT2D eigenvalue weighted by molar-refractivity contribution is 9.10. The molecule has 0 atom stereocenters. The second-order valence-electron chi connectivity index (χ2n) is 3.97. The number of carboxylic acids is 1. The third-order valence-corrected chi connectivity index (χ3v) is 5.79. The highest BCUT2D eigenvalue weighted by atomic mass is 79.9. The Labute approximate surface area is 128 Å². The molecular formula is C12H10BrNO4S2. The van der Waals surface area contributed by atoms with E-state index in [9.17, 15) is 13.2 Å². The largest absolute Gasteiger partial charge is 0.478 e. The predicted octanol–water partition coefficient (Wildman–Crippen LogP) is 3.32. The summed E-state index contributed by atoms with van der Waals surface area (Å²) in [5, 5.41) is 9.11. The van der Waals surface area contributed by atoms with E-state index in [1.54, 1.807) is 19.1 Å². The van der Waals surface area contributed by atoms with Gasteiger partial charge < -0.3 is 5.11 Å². The molecule has 0 unspecified atom stereocenters. The summed E-state index contributed by atoms with van der Waals surface area (Å²) < 4.78 is 27.4. The SMILES string of the molecule is Cc1ccc(S(=O)(=O)Nc2ccc(Br)cc2C(=O)O)s1. The van der Waals surface area contributed by atoms with Crippen LogP contribution in [0.15, 0.2) is 39.0 Å². The van der Waals surface area contributed by atoms with Gasteiger partial charge in [0.25, 0.3) is 10.0 Å². The summed E-state index contributed by atoms with van der Waals surface area (Å²) in [4.78, 5) is 12.0. The van der Waals surface area contributed by atoms with Gasteiger partial charge in [0.05, 0.1) is 11.3 Å². The molecule has 0 aliphatic carbocycles. The molecule has 0 saturated carbocycles. The molecule has 0 fully saturated rings. The lowest BCUT2D eigenvalue weighted by Crippen LogP contribution is -2.14. The van der Waals surface area contributed by atoms with Gasteiger partial charge in [-0.05, 0) is 37.3 Å². The van der Waals surface area contributed by atoms with E-state index < -0.39 is 16.0 Å². The smallest absolute Gasteiger partial charge is 0.337 e. The van der Waals surface area contributed by atoms with E-state index in [2.05, 4.69) is 20.7 Å². The third-order valence-electron chi connectivity index (χ3n) is 2.44. The number of thiophene rings is 1. The number of benzene rings is 1. The molecule has 1 aromatic heterocycles. The Morgan fingerprint density at radius 3 is 2.55 bits per heavy atom. The number of aromatic carboxylic acids is 1. The molecule has 5 nitrogen and oxygen atoms in total. The van der Waals surface area contributed by atoms with Gasteiger partial charge in [-0.2, -0.15) is 0 Å². The number of carboxylic acid groups (broad SMARTS) is 1. The van der Waals surface area contributed by atoms with Crippen LogP contribution < -0.4 is 4.72 Å². The summed E-state index contributed by atoms with van der Waals surface area (Å²) in [5.41, 5.74) is -0.0806. The van der Waals surface area contributed by atoms with Gasteiger partial charge in [0.15, 0.2) is 0 Å². The number of hydrogen-bond acceptors (Lipinski definition) is 4. The number of nitrogens with one attached hydrogen (secondary N) is 1. The molecule has 0 amide bonds. The maximum Gasteiger partial charge on any atom is 0.337 e. The summed E-state index contributed by atoms with van der Waals surface area (Å²) in [6.45, 7) is 1.80. The first-order valence-corrected chi connectivity index (χ1v) is 8.51. The van der Waals surface area contributed by atoms with Gasteiger partial charge in [0.2, 0.25) is 0 Å². The molecule has 0 aliphatic rings. The molecule has 0 spiro atoms. The molecule has 0 radical (unpaired) electrons. The van der Waals surface area contributed by atoms with Crippen molar-refractivity contribution in [1.82, 2.24) is 0 Å². The lowest BCUT2D eigenvalue weighted by Gasteiger charge is -2.09. The molecule has 2 N–H and O–H groups in total. The Morgan fingerprint density at radius 2 is 2.00 bits per heavy atom. The van der Waals surface area contributed by atoms with E-state index in [4.69, 9.17) is 5.11 Å². The normalized spacial score (nSPS) is 11.3. The summed E-state index contributed by atoms with van der Waals surface area (Å²) in [5.74, 6) is -1.20. The van der Waals surface area contributed by atoms with Crippen molar-refractivity contribution in [3.8, 4) is 0 Å². The molecule has 1 aromatic carbocycles. The molecule has 0 bridgehead atoms. The van der Waals surface area contributed by atoms with Crippen LogP contribution in [0, 0.1) is 6.92 Å². The molecule has 0 aliphatic heterocycles. The number of halogens is 1. The van der Waals surface area contributed by atoms with Gasteiger partial charge in [-0.25, -0.2) is 13.2 Å². The maximum absolute atomic E-state index is 12.2. The van der Waals surface area contributed by atoms with E-state index >= 15 is 0 Å². The first-order chi connectivity index (χ1) is 9.29. The van der Waals surface area contributed by atoms with Gasteiger partial charge in [0, 0.05) is 9.35 Å². The van der Waals surface area contributed by atoms with Crippen molar-refractivity contribution < 1.29 is 18.3 Å². The standard InChI is InChI=1S/C12H10BrNO4S2/c1-7-2-5-11(19-7)20(17,18)14-10-4-3-8(13)6-9(10)12(15)16/h2-6,14H,1H3,(H,15,16). The first kappa shape index (κ1) is 15.0. The number of aryl methyl sites for hydroxylation is 1. The zero-order valence-corrected chi connectivity index (χ0v) is 13.5. The fraction of sp³-hybridized carbons (Fsp3) is 0.0833. The first-order valence-electron chi connectivity index (χ1n) is 5.42. The summed E-state index contributed by atoms with van der Waals surface area (Å²) in [6.07, 6.45) is 0. The van der Waals surface area contributed by atoms with Crippen LogP contribution in [0.2, 0.25) is 0 Å². The van der Waals surface area contributed by atoms with Crippen molar-refractivity contribution >= 4 is 48.9 Å². The van der Waals surface area contributed by atoms with E-state index in [0.29, 0.717) is 4.47 Å². The quantitative estimate of drug-likeness (QED) is 0.858. The van der Waals surface area contributed by atoms with Crippen molar-refractivity contribution in [1.29, 1.82) is 0 Å². The minimum atomic E-state index is -3.77. The maximum atomic E-state index is 12.2. The average Bonchev–Trinajstić information content (AvgIpc) is 2.78. The second kappa shape index (κ2) is 5.55. The highest BCUT2D eigenvalue weighted by Gasteiger charge is 2.20. The van der Waals surface area contributed by atoms with Crippen molar-refractivity contribution in [2.45, 2.75) is 11.1 Å². The molecule has 8 heteroatoms. The van der Waals surface area contributed by atoms with Gasteiger partial charge in [-0.1, -0.05) is 15.9 Å².